The van der Waals surface area contributed by atoms with Crippen LogP contribution in [0.5, 0.6) is 0 Å². The third kappa shape index (κ3) is 5.47. The number of hydrogen-bond acceptors (Lipinski definition) is 4. The minimum Gasteiger partial charge on any atom is -0.436 e. The Morgan fingerprint density at radius 3 is 2.54 bits per heavy atom. The van der Waals surface area contributed by atoms with Crippen LogP contribution < -0.4 is 10.6 Å². The zero-order chi connectivity index (χ0) is 27.0. The van der Waals surface area contributed by atoms with E-state index in [1.165, 1.54) is 19.2 Å². The fourth-order valence-electron chi connectivity index (χ4n) is 4.67. The van der Waals surface area contributed by atoms with Crippen molar-refractivity contribution in [3.05, 3.63) is 65.0 Å². The topological polar surface area (TPSA) is 91.0 Å². The fourth-order valence-corrected chi connectivity index (χ4v) is 4.67. The van der Waals surface area contributed by atoms with Crippen LogP contribution in [0.4, 0.5) is 32.8 Å². The number of aryl methyl sites for hydroxylation is 1. The number of nitrogens with zero attached hydrogens (tertiary/aromatic N) is 2. The van der Waals surface area contributed by atoms with Gasteiger partial charge in [0.2, 0.25) is 5.91 Å². The number of halogens is 4. The van der Waals surface area contributed by atoms with Crippen molar-refractivity contribution >= 4 is 23.7 Å². The monoisotopic (exact) mass is 522 g/mol. The molecule has 1 aliphatic heterocycles. The summed E-state index contributed by atoms with van der Waals surface area (Å²) in [5.74, 6) is -1.46. The number of alkyl halides is 3. The fraction of sp³-hybridized carbons (Fsp3) is 0.400. The number of nitrogens with one attached hydrogen (secondary N) is 2. The van der Waals surface area contributed by atoms with E-state index in [4.69, 9.17) is 4.74 Å². The van der Waals surface area contributed by atoms with E-state index in [2.05, 4.69) is 10.6 Å². The summed E-state index contributed by atoms with van der Waals surface area (Å²) in [6, 6.07) is 7.48. The Balaban J connectivity index is 1.51. The Morgan fingerprint density at radius 2 is 1.89 bits per heavy atom. The molecule has 1 fully saturated rings. The number of rotatable bonds is 6. The lowest BCUT2D eigenvalue weighted by molar-refractivity contribution is -0.187. The molecule has 2 aromatic rings. The van der Waals surface area contributed by atoms with Crippen LogP contribution in [0.3, 0.4) is 0 Å². The van der Waals surface area contributed by atoms with Gasteiger partial charge in [0.25, 0.3) is 0 Å². The lowest BCUT2D eigenvalue weighted by atomic mass is 9.95. The number of carbonyl (C=O) groups excluding carboxylic acids is 3. The molecule has 12 heteroatoms. The highest BCUT2D eigenvalue weighted by molar-refractivity contribution is 5.89. The van der Waals surface area contributed by atoms with Crippen LogP contribution in [-0.2, 0) is 28.1 Å². The summed E-state index contributed by atoms with van der Waals surface area (Å²) in [7, 11) is 1.49. The Morgan fingerprint density at radius 1 is 1.19 bits per heavy atom. The van der Waals surface area contributed by atoms with E-state index in [1.807, 2.05) is 0 Å². The second-order valence-electron chi connectivity index (χ2n) is 9.16. The van der Waals surface area contributed by atoms with Crippen molar-refractivity contribution in [3.8, 4) is 0 Å². The van der Waals surface area contributed by atoms with Crippen LogP contribution in [0.1, 0.15) is 30.0 Å². The number of benzene rings is 2. The highest BCUT2D eigenvalue weighted by Gasteiger charge is 2.51. The van der Waals surface area contributed by atoms with Crippen molar-refractivity contribution in [2.45, 2.75) is 44.1 Å². The SMILES string of the molecule is CNC(=O)Nc1ccc2c(c1)CC[C@]21CN(CC(=O)N(Cc2ccc(F)cc2)[C@H](C)C(F)(F)F)C(=O)O1. The molecule has 0 unspecified atom stereocenters. The van der Waals surface area contributed by atoms with Crippen LogP contribution in [0.25, 0.3) is 0 Å². The van der Waals surface area contributed by atoms with Gasteiger partial charge in [0.1, 0.15) is 18.4 Å². The number of ether oxygens (including phenoxy) is 1. The average molecular weight is 522 g/mol. The van der Waals surface area contributed by atoms with Gasteiger partial charge >= 0.3 is 18.3 Å². The van der Waals surface area contributed by atoms with E-state index in [0.717, 1.165) is 35.1 Å². The molecule has 0 saturated carbocycles. The second kappa shape index (κ2) is 9.91. The van der Waals surface area contributed by atoms with E-state index in [-0.39, 0.29) is 12.6 Å². The smallest absolute Gasteiger partial charge is 0.411 e. The third-order valence-electron chi connectivity index (χ3n) is 6.72. The molecule has 2 atom stereocenters. The first kappa shape index (κ1) is 26.2. The molecule has 2 N–H and O–H groups in total. The van der Waals surface area contributed by atoms with Gasteiger partial charge in [-0.2, -0.15) is 13.2 Å². The first-order valence-electron chi connectivity index (χ1n) is 11.6. The van der Waals surface area contributed by atoms with Crippen molar-refractivity contribution in [2.75, 3.05) is 25.5 Å². The zero-order valence-electron chi connectivity index (χ0n) is 20.2. The number of anilines is 1. The molecule has 1 heterocycles. The summed E-state index contributed by atoms with van der Waals surface area (Å²) >= 11 is 0. The number of amides is 4. The largest absolute Gasteiger partial charge is 0.436 e. The standard InChI is InChI=1S/C25H26F4N4O4/c1-15(25(27,28)29)33(12-16-3-5-18(26)6-4-16)21(34)13-32-14-24(37-23(32)36)10-9-17-11-19(7-8-20(17)24)31-22(35)30-2/h3-8,11,15H,9-10,12-14H2,1-2H3,(H2,30,31,35)/t15-,24+/m1/s1. The Bertz CT molecular complexity index is 1200. The summed E-state index contributed by atoms with van der Waals surface area (Å²) in [6.07, 6.45) is -4.52. The Kier molecular flexibility index (Phi) is 7.03. The molecular weight excluding hydrogens is 496 g/mol. The van der Waals surface area contributed by atoms with Crippen molar-refractivity contribution in [3.63, 3.8) is 0 Å². The first-order chi connectivity index (χ1) is 17.4. The van der Waals surface area contributed by atoms with Crippen LogP contribution in [0.15, 0.2) is 42.5 Å². The van der Waals surface area contributed by atoms with Gasteiger partial charge in [-0.1, -0.05) is 18.2 Å². The molecule has 8 nitrogen and oxygen atoms in total. The summed E-state index contributed by atoms with van der Waals surface area (Å²) in [6.45, 7) is -0.147. The summed E-state index contributed by atoms with van der Waals surface area (Å²) in [5, 5.41) is 5.13. The molecular formula is C25H26F4N4O4. The lowest BCUT2D eigenvalue weighted by Gasteiger charge is -2.32. The maximum absolute atomic E-state index is 13.6. The van der Waals surface area contributed by atoms with Gasteiger partial charge in [-0.05, 0) is 55.2 Å². The highest BCUT2D eigenvalue weighted by atomic mass is 19.4. The number of carbonyl (C=O) groups is 3. The van der Waals surface area contributed by atoms with E-state index in [1.54, 1.807) is 18.2 Å². The van der Waals surface area contributed by atoms with E-state index in [0.29, 0.717) is 29.0 Å². The normalized spacial score (nSPS) is 19.4. The van der Waals surface area contributed by atoms with E-state index >= 15 is 0 Å². The quantitative estimate of drug-likeness (QED) is 0.558. The van der Waals surface area contributed by atoms with Gasteiger partial charge in [-0.15, -0.1) is 0 Å². The molecule has 0 bridgehead atoms. The van der Waals surface area contributed by atoms with Gasteiger partial charge in [-0.3, -0.25) is 9.69 Å². The molecule has 2 aromatic carbocycles. The van der Waals surface area contributed by atoms with Crippen molar-refractivity contribution in [1.82, 2.24) is 15.1 Å². The molecule has 198 valence electrons. The third-order valence-corrected chi connectivity index (χ3v) is 6.72. The van der Waals surface area contributed by atoms with Gasteiger partial charge in [0, 0.05) is 24.8 Å². The predicted octanol–water partition coefficient (Wildman–Crippen LogP) is 4.15. The van der Waals surface area contributed by atoms with Crippen molar-refractivity contribution in [2.24, 2.45) is 0 Å². The van der Waals surface area contributed by atoms with Crippen molar-refractivity contribution < 1.29 is 36.7 Å². The van der Waals surface area contributed by atoms with Crippen LogP contribution in [0.2, 0.25) is 0 Å². The van der Waals surface area contributed by atoms with Gasteiger partial charge in [-0.25, -0.2) is 14.0 Å². The lowest BCUT2D eigenvalue weighted by Crippen LogP contribution is -2.50. The predicted molar refractivity (Wildman–Crippen MR) is 125 cm³/mol. The molecule has 2 aliphatic rings. The maximum Gasteiger partial charge on any atom is 0.411 e. The Labute approximate surface area is 210 Å². The molecule has 4 amide bonds. The van der Waals surface area contributed by atoms with E-state index in [9.17, 15) is 31.9 Å². The first-order valence-corrected chi connectivity index (χ1v) is 11.6. The van der Waals surface area contributed by atoms with Crippen LogP contribution in [0, 0.1) is 5.82 Å². The maximum atomic E-state index is 13.6. The molecule has 0 radical (unpaired) electrons. The number of fused-ring (bicyclic) bond motifs is 2. The van der Waals surface area contributed by atoms with Crippen LogP contribution in [-0.4, -0.2) is 60.2 Å². The summed E-state index contributed by atoms with van der Waals surface area (Å²) < 4.78 is 59.6. The number of hydrogen-bond donors (Lipinski definition) is 2. The van der Waals surface area contributed by atoms with Gasteiger partial charge in [0.05, 0.1) is 6.54 Å². The summed E-state index contributed by atoms with van der Waals surface area (Å²) in [5.41, 5.74) is 1.43. The molecule has 1 saturated heterocycles. The average Bonchev–Trinajstić information content (AvgIpc) is 3.35. The summed E-state index contributed by atoms with van der Waals surface area (Å²) in [4.78, 5) is 39.1. The van der Waals surface area contributed by atoms with Gasteiger partial charge < -0.3 is 20.3 Å². The van der Waals surface area contributed by atoms with Crippen LogP contribution >= 0.6 is 0 Å². The second-order valence-corrected chi connectivity index (χ2v) is 9.16. The molecule has 1 aliphatic carbocycles. The molecule has 37 heavy (non-hydrogen) atoms. The minimum atomic E-state index is -4.70. The zero-order valence-corrected chi connectivity index (χ0v) is 20.2. The van der Waals surface area contributed by atoms with Crippen molar-refractivity contribution in [1.29, 1.82) is 0 Å². The van der Waals surface area contributed by atoms with E-state index < -0.39 is 48.7 Å². The number of urea groups is 1. The molecule has 0 aromatic heterocycles. The minimum absolute atomic E-state index is 0.00240. The Hall–Kier alpha value is -3.83. The molecule has 1 spiro atoms. The molecule has 4 rings (SSSR count). The van der Waals surface area contributed by atoms with Gasteiger partial charge in [0.15, 0.2) is 5.60 Å². The highest BCUT2D eigenvalue weighted by Crippen LogP contribution is 2.45.